The molecule has 0 saturated carbocycles. The third-order valence-corrected chi connectivity index (χ3v) is 3.14. The quantitative estimate of drug-likeness (QED) is 0.615. The molecule has 102 valence electrons. The minimum absolute atomic E-state index is 0.195. The van der Waals surface area contributed by atoms with Gasteiger partial charge in [0.25, 0.3) is 0 Å². The molecule has 0 aliphatic rings. The Morgan fingerprint density at radius 3 is 2.78 bits per heavy atom. The van der Waals surface area contributed by atoms with E-state index in [4.69, 9.17) is 9.84 Å². The Bertz CT molecular complexity index is 382. The molecule has 0 saturated heterocycles. The van der Waals surface area contributed by atoms with Gasteiger partial charge in [0.2, 0.25) is 0 Å². The predicted molar refractivity (Wildman–Crippen MR) is 72.9 cm³/mol. The second-order valence-electron chi connectivity index (χ2n) is 5.02. The number of carbonyl (C=O) groups is 1. The van der Waals surface area contributed by atoms with Gasteiger partial charge in [0.1, 0.15) is 10.5 Å². The van der Waals surface area contributed by atoms with Crippen LogP contribution in [-0.4, -0.2) is 29.8 Å². The summed E-state index contributed by atoms with van der Waals surface area (Å²) in [6, 6.07) is 3.72. The molecule has 0 unspecified atom stereocenters. The van der Waals surface area contributed by atoms with Gasteiger partial charge in [0, 0.05) is 18.0 Å². The lowest BCUT2D eigenvalue weighted by molar-refractivity contribution is 0.00752. The molecule has 5 heteroatoms. The maximum absolute atomic E-state index is 11.8. The summed E-state index contributed by atoms with van der Waals surface area (Å²) in [6.07, 6.45) is 0.740. The number of hydrogen-bond acceptors (Lipinski definition) is 5. The highest BCUT2D eigenvalue weighted by molar-refractivity contribution is 7.13. The number of hydrogen-bond donors (Lipinski definition) is 2. The molecule has 0 atom stereocenters. The number of nitrogens with one attached hydrogen (secondary N) is 1. The number of carbonyl (C=O) groups excluding carboxylic acids is 1. The number of aliphatic hydroxyl groups is 1. The van der Waals surface area contributed by atoms with Crippen molar-refractivity contribution < 1.29 is 14.6 Å². The van der Waals surface area contributed by atoms with Crippen molar-refractivity contribution in [1.29, 1.82) is 0 Å². The molecule has 1 rings (SSSR count). The van der Waals surface area contributed by atoms with Crippen molar-refractivity contribution in [1.82, 2.24) is 5.32 Å². The van der Waals surface area contributed by atoms with Crippen molar-refractivity contribution in [2.24, 2.45) is 0 Å². The zero-order valence-electron chi connectivity index (χ0n) is 11.2. The molecular formula is C13H21NO3S. The van der Waals surface area contributed by atoms with E-state index in [0.717, 1.165) is 17.8 Å². The van der Waals surface area contributed by atoms with E-state index in [1.807, 2.05) is 26.8 Å². The molecule has 4 nitrogen and oxygen atoms in total. The molecule has 2 N–H and O–H groups in total. The van der Waals surface area contributed by atoms with Crippen LogP contribution in [0.2, 0.25) is 0 Å². The summed E-state index contributed by atoms with van der Waals surface area (Å²) in [4.78, 5) is 13.5. The van der Waals surface area contributed by atoms with Gasteiger partial charge in [0.05, 0.1) is 0 Å². The maximum atomic E-state index is 11.8. The molecule has 0 aliphatic heterocycles. The van der Waals surface area contributed by atoms with Gasteiger partial charge in [-0.25, -0.2) is 4.79 Å². The SMILES string of the molecule is CC(C)(C)OC(=O)c1ccc(CNCCCO)s1. The minimum Gasteiger partial charge on any atom is -0.456 e. The van der Waals surface area contributed by atoms with Crippen molar-refractivity contribution in [3.05, 3.63) is 21.9 Å². The molecule has 0 bridgehead atoms. The highest BCUT2D eigenvalue weighted by Crippen LogP contribution is 2.20. The first kappa shape index (κ1) is 15.1. The van der Waals surface area contributed by atoms with Crippen LogP contribution in [0.5, 0.6) is 0 Å². The van der Waals surface area contributed by atoms with Gasteiger partial charge < -0.3 is 15.2 Å². The minimum atomic E-state index is -0.458. The van der Waals surface area contributed by atoms with E-state index in [0.29, 0.717) is 11.4 Å². The van der Waals surface area contributed by atoms with Gasteiger partial charge in [0.15, 0.2) is 0 Å². The van der Waals surface area contributed by atoms with Crippen LogP contribution in [0.1, 0.15) is 41.7 Å². The predicted octanol–water partition coefficient (Wildman–Crippen LogP) is 2.18. The van der Waals surface area contributed by atoms with Crippen LogP contribution in [0, 0.1) is 0 Å². The Morgan fingerprint density at radius 1 is 1.44 bits per heavy atom. The zero-order valence-corrected chi connectivity index (χ0v) is 12.0. The van der Waals surface area contributed by atoms with E-state index in [9.17, 15) is 4.79 Å². The second-order valence-corrected chi connectivity index (χ2v) is 6.19. The molecule has 1 aromatic heterocycles. The second kappa shape index (κ2) is 6.87. The first-order valence-corrected chi connectivity index (χ1v) is 6.87. The summed E-state index contributed by atoms with van der Waals surface area (Å²) in [7, 11) is 0. The summed E-state index contributed by atoms with van der Waals surface area (Å²) in [5.41, 5.74) is -0.458. The van der Waals surface area contributed by atoms with Crippen molar-refractivity contribution in [2.75, 3.05) is 13.2 Å². The lowest BCUT2D eigenvalue weighted by atomic mass is 10.2. The molecule has 18 heavy (non-hydrogen) atoms. The van der Waals surface area contributed by atoms with Crippen molar-refractivity contribution in [3.8, 4) is 0 Å². The number of aliphatic hydroxyl groups excluding tert-OH is 1. The van der Waals surface area contributed by atoms with Crippen LogP contribution < -0.4 is 5.32 Å². The fourth-order valence-electron chi connectivity index (χ4n) is 1.33. The Kier molecular flexibility index (Phi) is 5.78. The number of ether oxygens (including phenoxy) is 1. The van der Waals surface area contributed by atoms with Gasteiger partial charge >= 0.3 is 5.97 Å². The summed E-state index contributed by atoms with van der Waals surface area (Å²) in [5, 5.41) is 11.9. The van der Waals surface area contributed by atoms with Crippen molar-refractivity contribution >= 4 is 17.3 Å². The summed E-state index contributed by atoms with van der Waals surface area (Å²) < 4.78 is 5.30. The molecule has 0 amide bonds. The number of rotatable bonds is 6. The van der Waals surface area contributed by atoms with Gasteiger partial charge in [-0.2, -0.15) is 0 Å². The van der Waals surface area contributed by atoms with E-state index < -0.39 is 5.60 Å². The van der Waals surface area contributed by atoms with E-state index in [2.05, 4.69) is 5.32 Å². The fourth-order valence-corrected chi connectivity index (χ4v) is 2.18. The average molecular weight is 271 g/mol. The van der Waals surface area contributed by atoms with Crippen LogP contribution in [-0.2, 0) is 11.3 Å². The maximum Gasteiger partial charge on any atom is 0.348 e. The third kappa shape index (κ3) is 5.62. The largest absolute Gasteiger partial charge is 0.456 e. The number of esters is 1. The van der Waals surface area contributed by atoms with Gasteiger partial charge in [-0.05, 0) is 45.9 Å². The first-order valence-electron chi connectivity index (χ1n) is 6.06. The van der Waals surface area contributed by atoms with Crippen LogP contribution in [0.4, 0.5) is 0 Å². The van der Waals surface area contributed by atoms with Crippen LogP contribution in [0.15, 0.2) is 12.1 Å². The van der Waals surface area contributed by atoms with Gasteiger partial charge in [-0.3, -0.25) is 0 Å². The average Bonchev–Trinajstić information content (AvgIpc) is 2.71. The zero-order chi connectivity index (χ0) is 13.6. The Morgan fingerprint density at radius 2 is 2.17 bits per heavy atom. The monoisotopic (exact) mass is 271 g/mol. The Labute approximate surface area is 112 Å². The molecular weight excluding hydrogens is 250 g/mol. The molecule has 0 aromatic carbocycles. The molecule has 0 fully saturated rings. The molecule has 0 radical (unpaired) electrons. The normalized spacial score (nSPS) is 11.6. The topological polar surface area (TPSA) is 58.6 Å². The summed E-state index contributed by atoms with van der Waals surface area (Å²) in [6.45, 7) is 7.26. The Balaban J connectivity index is 2.45. The number of thiophene rings is 1. The van der Waals surface area contributed by atoms with Crippen LogP contribution in [0.25, 0.3) is 0 Å². The molecule has 0 spiro atoms. The van der Waals surface area contributed by atoms with Gasteiger partial charge in [-0.1, -0.05) is 0 Å². The molecule has 0 aliphatic carbocycles. The standard InChI is InChI=1S/C13H21NO3S/c1-13(2,3)17-12(16)11-6-5-10(18-11)9-14-7-4-8-15/h5-6,14-15H,4,7-9H2,1-3H3. The fraction of sp³-hybridized carbons (Fsp3) is 0.615. The molecule has 1 aromatic rings. The first-order chi connectivity index (χ1) is 8.42. The van der Waals surface area contributed by atoms with E-state index >= 15 is 0 Å². The van der Waals surface area contributed by atoms with Crippen LogP contribution in [0.3, 0.4) is 0 Å². The lowest BCUT2D eigenvalue weighted by Gasteiger charge is -2.18. The van der Waals surface area contributed by atoms with E-state index in [-0.39, 0.29) is 12.6 Å². The Hall–Kier alpha value is -0.910. The lowest BCUT2D eigenvalue weighted by Crippen LogP contribution is -2.23. The summed E-state index contributed by atoms with van der Waals surface area (Å²) in [5.74, 6) is -0.269. The van der Waals surface area contributed by atoms with Crippen LogP contribution >= 0.6 is 11.3 Å². The van der Waals surface area contributed by atoms with Crippen molar-refractivity contribution in [2.45, 2.75) is 39.3 Å². The summed E-state index contributed by atoms with van der Waals surface area (Å²) >= 11 is 1.44. The van der Waals surface area contributed by atoms with E-state index in [1.165, 1.54) is 11.3 Å². The highest BCUT2D eigenvalue weighted by Gasteiger charge is 2.19. The smallest absolute Gasteiger partial charge is 0.348 e. The third-order valence-electron chi connectivity index (χ3n) is 2.07. The van der Waals surface area contributed by atoms with Crippen molar-refractivity contribution in [3.63, 3.8) is 0 Å². The van der Waals surface area contributed by atoms with E-state index in [1.54, 1.807) is 6.07 Å². The van der Waals surface area contributed by atoms with Gasteiger partial charge in [-0.15, -0.1) is 11.3 Å². The molecule has 1 heterocycles. The highest BCUT2D eigenvalue weighted by atomic mass is 32.1.